The van der Waals surface area contributed by atoms with Crippen LogP contribution in [0.4, 0.5) is 5.13 Å². The van der Waals surface area contributed by atoms with E-state index in [4.69, 9.17) is 0 Å². The van der Waals surface area contributed by atoms with Crippen LogP contribution in [0.3, 0.4) is 0 Å². The molecule has 4 rings (SSSR count). The summed E-state index contributed by atoms with van der Waals surface area (Å²) in [6.45, 7) is 4.74. The first-order valence-corrected chi connectivity index (χ1v) is 11.6. The van der Waals surface area contributed by atoms with Crippen LogP contribution in [-0.4, -0.2) is 29.6 Å². The second kappa shape index (κ2) is 9.14. The third-order valence-electron chi connectivity index (χ3n) is 5.64. The molecule has 0 saturated heterocycles. The lowest BCUT2D eigenvalue weighted by Gasteiger charge is -2.07. The van der Waals surface area contributed by atoms with Crippen LogP contribution in [0.15, 0.2) is 45.6 Å². The molecule has 33 heavy (non-hydrogen) atoms. The maximum atomic E-state index is 12.5. The zero-order chi connectivity index (χ0) is 23.7. The predicted octanol–water partition coefficient (Wildman–Crippen LogP) is 3.10. The fourth-order valence-electron chi connectivity index (χ4n) is 3.66. The monoisotopic (exact) mass is 466 g/mol. The normalized spacial score (nSPS) is 11.4. The van der Waals surface area contributed by atoms with Crippen LogP contribution in [0, 0.1) is 0 Å². The van der Waals surface area contributed by atoms with E-state index in [-0.39, 0.29) is 12.3 Å². The summed E-state index contributed by atoms with van der Waals surface area (Å²) in [7, 11) is 3.02. The molecule has 1 N–H and O–H groups in total. The molecule has 0 fully saturated rings. The van der Waals surface area contributed by atoms with Crippen LogP contribution >= 0.6 is 11.3 Å². The van der Waals surface area contributed by atoms with E-state index in [9.17, 15) is 14.4 Å². The van der Waals surface area contributed by atoms with Crippen molar-refractivity contribution in [2.75, 3.05) is 5.32 Å². The molecule has 10 heteroatoms. The summed E-state index contributed by atoms with van der Waals surface area (Å²) < 4.78 is 4.09. The van der Waals surface area contributed by atoms with Gasteiger partial charge in [-0.3, -0.25) is 18.7 Å². The van der Waals surface area contributed by atoms with Gasteiger partial charge in [-0.2, -0.15) is 0 Å². The third-order valence-corrected chi connectivity index (χ3v) is 6.40. The molecule has 4 aromatic rings. The zero-order valence-electron chi connectivity index (χ0n) is 19.0. The predicted molar refractivity (Wildman–Crippen MR) is 130 cm³/mol. The summed E-state index contributed by atoms with van der Waals surface area (Å²) in [4.78, 5) is 45.7. The number of hydrogen-bond donors (Lipinski definition) is 1. The summed E-state index contributed by atoms with van der Waals surface area (Å²) in [6.07, 6.45) is 2.31. The van der Waals surface area contributed by atoms with Crippen molar-refractivity contribution in [2.45, 2.75) is 39.2 Å². The molecular weight excluding hydrogens is 440 g/mol. The standard InChI is InChI=1S/C23H26N6O3S/c1-14(2)15-7-9-16(10-8-15)17-12-33-22(25-17)26-18(30)6-5-11-29-13-24-20-19(29)21(31)28(4)23(32)27(20)3/h7-10,12-14H,5-6,11H2,1-4H3,(H,25,26,30). The van der Waals surface area contributed by atoms with Crippen molar-refractivity contribution in [3.05, 3.63) is 62.4 Å². The van der Waals surface area contributed by atoms with E-state index in [0.29, 0.717) is 35.2 Å². The van der Waals surface area contributed by atoms with Crippen molar-refractivity contribution in [3.63, 3.8) is 0 Å². The number of benzene rings is 1. The van der Waals surface area contributed by atoms with E-state index >= 15 is 0 Å². The second-order valence-corrected chi connectivity index (χ2v) is 9.14. The molecule has 3 aromatic heterocycles. The van der Waals surface area contributed by atoms with Gasteiger partial charge in [0, 0.05) is 38.0 Å². The van der Waals surface area contributed by atoms with Crippen LogP contribution in [0.2, 0.25) is 0 Å². The number of aryl methyl sites for hydroxylation is 2. The maximum Gasteiger partial charge on any atom is 0.332 e. The molecule has 0 radical (unpaired) electrons. The molecule has 0 unspecified atom stereocenters. The van der Waals surface area contributed by atoms with E-state index in [2.05, 4.69) is 41.3 Å². The van der Waals surface area contributed by atoms with E-state index in [0.717, 1.165) is 15.8 Å². The smallest absolute Gasteiger partial charge is 0.325 e. The van der Waals surface area contributed by atoms with E-state index < -0.39 is 11.2 Å². The number of fused-ring (bicyclic) bond motifs is 1. The number of imidazole rings is 1. The van der Waals surface area contributed by atoms with Crippen molar-refractivity contribution in [1.29, 1.82) is 0 Å². The number of aromatic nitrogens is 5. The Hall–Kier alpha value is -3.53. The quantitative estimate of drug-likeness (QED) is 0.451. The molecule has 0 aliphatic rings. The summed E-state index contributed by atoms with van der Waals surface area (Å²) in [5.74, 6) is 0.329. The molecular formula is C23H26N6O3S. The van der Waals surface area contributed by atoms with Gasteiger partial charge >= 0.3 is 5.69 Å². The van der Waals surface area contributed by atoms with Gasteiger partial charge in [0.05, 0.1) is 12.0 Å². The minimum Gasteiger partial charge on any atom is -0.325 e. The van der Waals surface area contributed by atoms with E-state index in [1.165, 1.54) is 34.8 Å². The second-order valence-electron chi connectivity index (χ2n) is 8.28. The number of anilines is 1. The Morgan fingerprint density at radius 1 is 1.12 bits per heavy atom. The van der Waals surface area contributed by atoms with Gasteiger partial charge in [0.25, 0.3) is 5.56 Å². The largest absolute Gasteiger partial charge is 0.332 e. The average Bonchev–Trinajstić information content (AvgIpc) is 3.44. The highest BCUT2D eigenvalue weighted by molar-refractivity contribution is 7.14. The number of rotatable bonds is 7. The molecule has 1 amide bonds. The molecule has 3 heterocycles. The highest BCUT2D eigenvalue weighted by Gasteiger charge is 2.15. The van der Waals surface area contributed by atoms with Gasteiger partial charge in [-0.05, 0) is 17.9 Å². The van der Waals surface area contributed by atoms with Gasteiger partial charge in [0.15, 0.2) is 16.3 Å². The first kappa shape index (κ1) is 22.7. The SMILES string of the molecule is CC(C)c1ccc(-c2csc(NC(=O)CCCn3cnc4c3c(=O)n(C)c(=O)n4C)n2)cc1. The van der Waals surface area contributed by atoms with Gasteiger partial charge in [0.2, 0.25) is 5.91 Å². The van der Waals surface area contributed by atoms with Crippen molar-refractivity contribution < 1.29 is 4.79 Å². The Kier molecular flexibility index (Phi) is 6.28. The summed E-state index contributed by atoms with van der Waals surface area (Å²) in [6, 6.07) is 8.29. The minimum atomic E-state index is -0.421. The Morgan fingerprint density at radius 3 is 2.55 bits per heavy atom. The summed E-state index contributed by atoms with van der Waals surface area (Å²) in [5.41, 5.74) is 2.99. The Bertz CT molecular complexity index is 1430. The van der Waals surface area contributed by atoms with Gasteiger partial charge in [-0.25, -0.2) is 14.8 Å². The summed E-state index contributed by atoms with van der Waals surface area (Å²) >= 11 is 1.39. The van der Waals surface area contributed by atoms with Crippen molar-refractivity contribution in [2.24, 2.45) is 14.1 Å². The fourth-order valence-corrected chi connectivity index (χ4v) is 4.40. The number of thiazole rings is 1. The molecule has 0 atom stereocenters. The molecule has 9 nitrogen and oxygen atoms in total. The lowest BCUT2D eigenvalue weighted by molar-refractivity contribution is -0.116. The molecule has 172 valence electrons. The van der Waals surface area contributed by atoms with Crippen LogP contribution < -0.4 is 16.6 Å². The van der Waals surface area contributed by atoms with E-state index in [1.807, 2.05) is 17.5 Å². The maximum absolute atomic E-state index is 12.5. The Morgan fingerprint density at radius 2 is 1.85 bits per heavy atom. The zero-order valence-corrected chi connectivity index (χ0v) is 19.8. The number of carbonyl (C=O) groups excluding carboxylic acids is 1. The van der Waals surface area contributed by atoms with Gasteiger partial charge in [-0.1, -0.05) is 38.1 Å². The topological polar surface area (TPSA) is 104 Å². The number of carbonyl (C=O) groups is 1. The number of nitrogens with one attached hydrogen (secondary N) is 1. The van der Waals surface area contributed by atoms with E-state index in [1.54, 1.807) is 11.6 Å². The molecule has 1 aromatic carbocycles. The third kappa shape index (κ3) is 4.51. The lowest BCUT2D eigenvalue weighted by atomic mass is 10.0. The van der Waals surface area contributed by atoms with Gasteiger partial charge in [0.1, 0.15) is 0 Å². The first-order valence-electron chi connectivity index (χ1n) is 10.7. The Balaban J connectivity index is 1.37. The van der Waals surface area contributed by atoms with Gasteiger partial charge in [-0.15, -0.1) is 11.3 Å². The first-order chi connectivity index (χ1) is 15.8. The van der Waals surface area contributed by atoms with Crippen molar-refractivity contribution in [3.8, 4) is 11.3 Å². The Labute approximate surface area is 194 Å². The van der Waals surface area contributed by atoms with Crippen LogP contribution in [0.25, 0.3) is 22.4 Å². The van der Waals surface area contributed by atoms with Crippen LogP contribution in [0.1, 0.15) is 38.2 Å². The van der Waals surface area contributed by atoms with Crippen LogP contribution in [-0.2, 0) is 25.4 Å². The van der Waals surface area contributed by atoms with Crippen LogP contribution in [0.5, 0.6) is 0 Å². The minimum absolute atomic E-state index is 0.143. The molecule has 0 saturated carbocycles. The summed E-state index contributed by atoms with van der Waals surface area (Å²) in [5, 5.41) is 5.33. The highest BCUT2D eigenvalue weighted by atomic mass is 32.1. The molecule has 0 aliphatic carbocycles. The lowest BCUT2D eigenvalue weighted by Crippen LogP contribution is -2.37. The van der Waals surface area contributed by atoms with Crippen molar-refractivity contribution in [1.82, 2.24) is 23.7 Å². The highest BCUT2D eigenvalue weighted by Crippen LogP contribution is 2.26. The number of hydrogen-bond acceptors (Lipinski definition) is 6. The average molecular weight is 467 g/mol. The fraction of sp³-hybridized carbons (Fsp3) is 0.348. The number of amides is 1. The molecule has 0 aliphatic heterocycles. The molecule has 0 spiro atoms. The van der Waals surface area contributed by atoms with Crippen molar-refractivity contribution >= 4 is 33.5 Å². The molecule has 0 bridgehead atoms. The van der Waals surface area contributed by atoms with Gasteiger partial charge < -0.3 is 9.88 Å². The number of nitrogens with zero attached hydrogens (tertiary/aromatic N) is 5.